The van der Waals surface area contributed by atoms with E-state index in [-0.39, 0.29) is 29.9 Å². The van der Waals surface area contributed by atoms with Gasteiger partial charge in [-0.2, -0.15) is 0 Å². The fourth-order valence-corrected chi connectivity index (χ4v) is 2.09. The van der Waals surface area contributed by atoms with Gasteiger partial charge in [0.05, 0.1) is 19.4 Å². The van der Waals surface area contributed by atoms with Crippen LogP contribution in [0, 0.1) is 0 Å². The van der Waals surface area contributed by atoms with Gasteiger partial charge in [-0.1, -0.05) is 11.6 Å². The lowest BCUT2D eigenvalue weighted by atomic mass is 10.2. The minimum Gasteiger partial charge on any atom is -0.483 e. The average molecular weight is 338 g/mol. The Hall–Kier alpha value is -2.47. The summed E-state index contributed by atoms with van der Waals surface area (Å²) in [4.78, 5) is 23.6. The Morgan fingerprint density at radius 2 is 2.13 bits per heavy atom. The molecule has 122 valence electrons. The van der Waals surface area contributed by atoms with Crippen LogP contribution in [0.2, 0.25) is 5.02 Å². The third-order valence-electron chi connectivity index (χ3n) is 3.06. The highest BCUT2D eigenvalue weighted by molar-refractivity contribution is 6.30. The lowest BCUT2D eigenvalue weighted by Crippen LogP contribution is -2.31. The molecule has 0 bridgehead atoms. The van der Waals surface area contributed by atoms with E-state index in [1.165, 1.54) is 25.5 Å². The van der Waals surface area contributed by atoms with Crippen LogP contribution in [0.1, 0.15) is 29.1 Å². The van der Waals surface area contributed by atoms with E-state index < -0.39 is 5.97 Å². The summed E-state index contributed by atoms with van der Waals surface area (Å²) in [5.41, 5.74) is 0.198. The van der Waals surface area contributed by atoms with Crippen molar-refractivity contribution in [2.45, 2.75) is 13.0 Å². The van der Waals surface area contributed by atoms with Gasteiger partial charge in [0.25, 0.3) is 5.91 Å². The summed E-state index contributed by atoms with van der Waals surface area (Å²) in [6.07, 6.45) is 1.53. The van der Waals surface area contributed by atoms with Crippen LogP contribution in [0.3, 0.4) is 0 Å². The van der Waals surface area contributed by atoms with Crippen molar-refractivity contribution in [3.8, 4) is 5.75 Å². The molecule has 7 heteroatoms. The molecule has 1 heterocycles. The normalized spacial score (nSPS) is 11.6. The Bertz CT molecular complexity index is 684. The van der Waals surface area contributed by atoms with E-state index in [4.69, 9.17) is 20.8 Å². The van der Waals surface area contributed by atoms with Crippen molar-refractivity contribution in [2.24, 2.45) is 0 Å². The smallest absolute Gasteiger partial charge is 0.341 e. The molecule has 6 nitrogen and oxygen atoms in total. The minimum absolute atomic E-state index is 0.185. The number of rotatable bonds is 6. The zero-order chi connectivity index (χ0) is 16.8. The molecule has 0 spiro atoms. The lowest BCUT2D eigenvalue weighted by Gasteiger charge is -2.13. The molecule has 0 aliphatic carbocycles. The third-order valence-corrected chi connectivity index (χ3v) is 3.29. The molecule has 1 atom stereocenters. The van der Waals surface area contributed by atoms with E-state index >= 15 is 0 Å². The molecule has 1 N–H and O–H groups in total. The number of nitrogens with one attached hydrogen (secondary N) is 1. The summed E-state index contributed by atoms with van der Waals surface area (Å²) in [6.45, 7) is 1.52. The zero-order valence-electron chi connectivity index (χ0n) is 12.7. The molecule has 0 fully saturated rings. The predicted octanol–water partition coefficient (Wildman–Crippen LogP) is 2.98. The van der Waals surface area contributed by atoms with Gasteiger partial charge in [-0.3, -0.25) is 4.79 Å². The molecule has 23 heavy (non-hydrogen) atoms. The van der Waals surface area contributed by atoms with Crippen LogP contribution in [0.4, 0.5) is 0 Å². The number of hydrogen-bond donors (Lipinski definition) is 1. The first-order chi connectivity index (χ1) is 11.0. The number of amides is 1. The second-order valence-corrected chi connectivity index (χ2v) is 5.16. The Labute approximate surface area is 138 Å². The van der Waals surface area contributed by atoms with E-state index in [9.17, 15) is 9.59 Å². The van der Waals surface area contributed by atoms with E-state index in [1.54, 1.807) is 25.1 Å². The molecule has 2 rings (SSSR count). The van der Waals surface area contributed by atoms with Crippen molar-refractivity contribution < 1.29 is 23.5 Å². The van der Waals surface area contributed by atoms with Gasteiger partial charge in [0.15, 0.2) is 6.61 Å². The Morgan fingerprint density at radius 3 is 2.78 bits per heavy atom. The minimum atomic E-state index is -0.568. The van der Waals surface area contributed by atoms with E-state index in [0.29, 0.717) is 10.8 Å². The van der Waals surface area contributed by atoms with Gasteiger partial charge in [-0.25, -0.2) is 4.79 Å². The second kappa shape index (κ2) is 7.69. The fraction of sp³-hybridized carbons (Fsp3) is 0.250. The van der Waals surface area contributed by atoms with Crippen LogP contribution >= 0.6 is 11.6 Å². The number of methoxy groups -OCH3 is 1. The number of benzene rings is 1. The highest BCUT2D eigenvalue weighted by Gasteiger charge is 2.16. The third kappa shape index (κ3) is 4.50. The SMILES string of the molecule is COC(=O)c1ccc(Cl)cc1OCC(=O)NC(C)c1ccco1. The Morgan fingerprint density at radius 1 is 1.35 bits per heavy atom. The summed E-state index contributed by atoms with van der Waals surface area (Å²) in [7, 11) is 1.26. The molecule has 0 saturated heterocycles. The number of furan rings is 1. The fourth-order valence-electron chi connectivity index (χ4n) is 1.93. The Balaban J connectivity index is 1.98. The maximum absolute atomic E-state index is 11.9. The zero-order valence-corrected chi connectivity index (χ0v) is 13.4. The standard InChI is InChI=1S/C16H16ClNO5/c1-10(13-4-3-7-22-13)18-15(19)9-23-14-8-11(17)5-6-12(14)16(20)21-2/h3-8,10H,9H2,1-2H3,(H,18,19). The Kier molecular flexibility index (Phi) is 5.65. The summed E-state index contributed by atoms with van der Waals surface area (Å²) < 4.78 is 15.3. The molecule has 0 saturated carbocycles. The highest BCUT2D eigenvalue weighted by atomic mass is 35.5. The average Bonchev–Trinajstić information content (AvgIpc) is 3.07. The van der Waals surface area contributed by atoms with Crippen molar-refractivity contribution in [3.05, 3.63) is 52.9 Å². The summed E-state index contributed by atoms with van der Waals surface area (Å²) in [5, 5.41) is 3.11. The van der Waals surface area contributed by atoms with E-state index in [0.717, 1.165) is 0 Å². The van der Waals surface area contributed by atoms with Gasteiger partial charge in [-0.15, -0.1) is 0 Å². The van der Waals surface area contributed by atoms with Gasteiger partial charge >= 0.3 is 5.97 Å². The van der Waals surface area contributed by atoms with Crippen LogP contribution in [-0.4, -0.2) is 25.6 Å². The number of ether oxygens (including phenoxy) is 2. The summed E-state index contributed by atoms with van der Waals surface area (Å²) in [5.74, 6) is -0.104. The van der Waals surface area contributed by atoms with Crippen molar-refractivity contribution >= 4 is 23.5 Å². The van der Waals surface area contributed by atoms with Gasteiger partial charge in [0, 0.05) is 5.02 Å². The van der Waals surface area contributed by atoms with Crippen molar-refractivity contribution in [3.63, 3.8) is 0 Å². The highest BCUT2D eigenvalue weighted by Crippen LogP contribution is 2.24. The van der Waals surface area contributed by atoms with Crippen LogP contribution in [-0.2, 0) is 9.53 Å². The topological polar surface area (TPSA) is 77.8 Å². The van der Waals surface area contributed by atoms with Crippen LogP contribution in [0.25, 0.3) is 0 Å². The van der Waals surface area contributed by atoms with Crippen LogP contribution in [0.5, 0.6) is 5.75 Å². The van der Waals surface area contributed by atoms with Gasteiger partial charge < -0.3 is 19.2 Å². The number of carbonyl (C=O) groups is 2. The lowest BCUT2D eigenvalue weighted by molar-refractivity contribution is -0.123. The van der Waals surface area contributed by atoms with Gasteiger partial charge in [0.2, 0.25) is 0 Å². The summed E-state index contributed by atoms with van der Waals surface area (Å²) >= 11 is 5.89. The van der Waals surface area contributed by atoms with Crippen molar-refractivity contribution in [1.29, 1.82) is 0 Å². The maximum atomic E-state index is 11.9. The van der Waals surface area contributed by atoms with Gasteiger partial charge in [-0.05, 0) is 37.3 Å². The first-order valence-corrected chi connectivity index (χ1v) is 7.22. The predicted molar refractivity (Wildman–Crippen MR) is 83.6 cm³/mol. The second-order valence-electron chi connectivity index (χ2n) is 4.73. The molecule has 1 amide bonds. The van der Waals surface area contributed by atoms with E-state index in [1.807, 2.05) is 0 Å². The van der Waals surface area contributed by atoms with E-state index in [2.05, 4.69) is 10.1 Å². The molecule has 1 aromatic carbocycles. The van der Waals surface area contributed by atoms with Crippen LogP contribution < -0.4 is 10.1 Å². The molecular formula is C16H16ClNO5. The number of hydrogen-bond acceptors (Lipinski definition) is 5. The van der Waals surface area contributed by atoms with Gasteiger partial charge in [0.1, 0.15) is 17.1 Å². The number of halogens is 1. The quantitative estimate of drug-likeness (QED) is 0.820. The number of carbonyl (C=O) groups excluding carboxylic acids is 2. The molecular weight excluding hydrogens is 322 g/mol. The first kappa shape index (κ1) is 16.9. The van der Waals surface area contributed by atoms with Crippen molar-refractivity contribution in [1.82, 2.24) is 5.32 Å². The van der Waals surface area contributed by atoms with Crippen molar-refractivity contribution in [2.75, 3.05) is 13.7 Å². The molecule has 0 radical (unpaired) electrons. The molecule has 0 aliphatic heterocycles. The van der Waals surface area contributed by atoms with Crippen LogP contribution in [0.15, 0.2) is 41.0 Å². The molecule has 1 unspecified atom stereocenters. The monoisotopic (exact) mass is 337 g/mol. The first-order valence-electron chi connectivity index (χ1n) is 6.84. The number of esters is 1. The maximum Gasteiger partial charge on any atom is 0.341 e. The largest absolute Gasteiger partial charge is 0.483 e. The molecule has 0 aliphatic rings. The summed E-state index contributed by atoms with van der Waals surface area (Å²) in [6, 6.07) is 7.69. The molecule has 2 aromatic rings. The molecule has 1 aromatic heterocycles.